The molecule has 0 radical (unpaired) electrons. The number of carbonyl (C=O) groups is 2. The van der Waals surface area contributed by atoms with Crippen molar-refractivity contribution in [3.8, 4) is 5.75 Å². The molecule has 0 bridgehead atoms. The quantitative estimate of drug-likeness (QED) is 0.785. The number of hydrogen-bond donors (Lipinski definition) is 0. The summed E-state index contributed by atoms with van der Waals surface area (Å²) in [6.45, 7) is 2.44. The van der Waals surface area contributed by atoms with Gasteiger partial charge in [0.05, 0.1) is 17.2 Å². The van der Waals surface area contributed by atoms with E-state index in [4.69, 9.17) is 4.74 Å². The molecule has 116 valence electrons. The average Bonchev–Trinajstić information content (AvgIpc) is 2.84. The van der Waals surface area contributed by atoms with Crippen molar-refractivity contribution in [3.63, 3.8) is 0 Å². The van der Waals surface area contributed by atoms with Gasteiger partial charge in [0, 0.05) is 5.56 Å². The Kier molecular flexibility index (Phi) is 4.48. The molecule has 23 heavy (non-hydrogen) atoms. The number of imide groups is 1. The summed E-state index contributed by atoms with van der Waals surface area (Å²) in [6, 6.07) is 16.4. The molecule has 2 amide bonds. The summed E-state index contributed by atoms with van der Waals surface area (Å²) in [6.07, 6.45) is 1.71. The Morgan fingerprint density at radius 2 is 1.74 bits per heavy atom. The highest BCUT2D eigenvalue weighted by atomic mass is 32.2. The fourth-order valence-corrected chi connectivity index (χ4v) is 3.13. The lowest BCUT2D eigenvalue weighted by Gasteiger charge is -2.11. The maximum atomic E-state index is 12.6. The van der Waals surface area contributed by atoms with Gasteiger partial charge in [-0.3, -0.25) is 9.59 Å². The van der Waals surface area contributed by atoms with E-state index in [1.165, 1.54) is 4.90 Å². The van der Waals surface area contributed by atoms with Gasteiger partial charge in [-0.15, -0.1) is 0 Å². The normalized spacial score (nSPS) is 16.2. The molecule has 5 heteroatoms. The zero-order chi connectivity index (χ0) is 16.2. The van der Waals surface area contributed by atoms with Crippen molar-refractivity contribution < 1.29 is 14.3 Å². The first-order chi connectivity index (χ1) is 11.2. The van der Waals surface area contributed by atoms with Gasteiger partial charge in [0.15, 0.2) is 0 Å². The predicted molar refractivity (Wildman–Crippen MR) is 92.5 cm³/mol. The summed E-state index contributed by atoms with van der Waals surface area (Å²) in [7, 11) is 0. The highest BCUT2D eigenvalue weighted by Gasteiger charge is 2.36. The highest BCUT2D eigenvalue weighted by molar-refractivity contribution is 8.19. The van der Waals surface area contributed by atoms with Gasteiger partial charge in [-0.25, -0.2) is 4.90 Å². The Labute approximate surface area is 138 Å². The van der Waals surface area contributed by atoms with E-state index in [0.717, 1.165) is 17.3 Å². The monoisotopic (exact) mass is 325 g/mol. The second-order valence-corrected chi connectivity index (χ2v) is 5.82. The maximum Gasteiger partial charge on any atom is 0.298 e. The zero-order valence-electron chi connectivity index (χ0n) is 12.6. The molecule has 1 aliphatic heterocycles. The van der Waals surface area contributed by atoms with Crippen molar-refractivity contribution >= 4 is 34.7 Å². The van der Waals surface area contributed by atoms with Crippen molar-refractivity contribution in [1.82, 2.24) is 0 Å². The second-order valence-electron chi connectivity index (χ2n) is 4.82. The molecule has 0 aromatic heterocycles. The number of hydrogen-bond acceptors (Lipinski definition) is 4. The molecule has 2 aromatic carbocycles. The number of thioether (sulfide) groups is 1. The molecule has 0 saturated carbocycles. The first-order valence-corrected chi connectivity index (χ1v) is 8.07. The third-order valence-electron chi connectivity index (χ3n) is 3.31. The van der Waals surface area contributed by atoms with E-state index in [1.807, 2.05) is 37.3 Å². The maximum absolute atomic E-state index is 12.6. The molecular formula is C18H15NO3S. The first kappa shape index (κ1) is 15.4. The lowest BCUT2D eigenvalue weighted by atomic mass is 10.2. The van der Waals surface area contributed by atoms with Gasteiger partial charge in [0.25, 0.3) is 11.1 Å². The summed E-state index contributed by atoms with van der Waals surface area (Å²) in [4.78, 5) is 26.3. The minimum absolute atomic E-state index is 0.290. The van der Waals surface area contributed by atoms with Crippen molar-refractivity contribution in [3.05, 3.63) is 65.1 Å². The van der Waals surface area contributed by atoms with Crippen LogP contribution in [0.4, 0.5) is 10.5 Å². The minimum atomic E-state index is -0.308. The Morgan fingerprint density at radius 1 is 1.04 bits per heavy atom. The largest absolute Gasteiger partial charge is 0.493 e. The fraction of sp³-hybridized carbons (Fsp3) is 0.111. The molecule has 0 atom stereocenters. The van der Waals surface area contributed by atoms with Gasteiger partial charge < -0.3 is 4.74 Å². The Morgan fingerprint density at radius 3 is 2.48 bits per heavy atom. The first-order valence-electron chi connectivity index (χ1n) is 7.25. The third kappa shape index (κ3) is 3.14. The molecular weight excluding hydrogens is 310 g/mol. The molecule has 4 nitrogen and oxygen atoms in total. The summed E-state index contributed by atoms with van der Waals surface area (Å²) < 4.78 is 5.56. The number of nitrogens with zero attached hydrogens (tertiary/aromatic N) is 1. The van der Waals surface area contributed by atoms with Crippen LogP contribution in [0.3, 0.4) is 0 Å². The van der Waals surface area contributed by atoms with Gasteiger partial charge >= 0.3 is 0 Å². The van der Waals surface area contributed by atoms with Crippen LogP contribution in [0, 0.1) is 0 Å². The SMILES string of the molecule is CCOc1ccccc1C=C1SC(=O)N(c2ccccc2)C1=O. The Hall–Kier alpha value is -2.53. The smallest absolute Gasteiger partial charge is 0.298 e. The number of benzene rings is 2. The van der Waals surface area contributed by atoms with Crippen LogP contribution >= 0.6 is 11.8 Å². The number of carbonyl (C=O) groups excluding carboxylic acids is 2. The van der Waals surface area contributed by atoms with E-state index in [-0.39, 0.29) is 11.1 Å². The van der Waals surface area contributed by atoms with Crippen LogP contribution in [-0.2, 0) is 4.79 Å². The molecule has 2 aromatic rings. The number of para-hydroxylation sites is 2. The van der Waals surface area contributed by atoms with Crippen molar-refractivity contribution in [1.29, 1.82) is 0 Å². The summed E-state index contributed by atoms with van der Waals surface area (Å²) >= 11 is 0.941. The van der Waals surface area contributed by atoms with Gasteiger partial charge in [-0.2, -0.15) is 0 Å². The third-order valence-corrected chi connectivity index (χ3v) is 4.18. The lowest BCUT2D eigenvalue weighted by Crippen LogP contribution is -2.27. The van der Waals surface area contributed by atoms with Crippen LogP contribution in [-0.4, -0.2) is 17.8 Å². The lowest BCUT2D eigenvalue weighted by molar-refractivity contribution is -0.113. The van der Waals surface area contributed by atoms with E-state index in [9.17, 15) is 9.59 Å². The van der Waals surface area contributed by atoms with E-state index >= 15 is 0 Å². The van der Waals surface area contributed by atoms with E-state index in [2.05, 4.69) is 0 Å². The van der Waals surface area contributed by atoms with Crippen LogP contribution in [0.15, 0.2) is 59.5 Å². The van der Waals surface area contributed by atoms with Crippen LogP contribution in [0.1, 0.15) is 12.5 Å². The van der Waals surface area contributed by atoms with Crippen LogP contribution in [0.5, 0.6) is 5.75 Å². The standard InChI is InChI=1S/C18H15NO3S/c1-2-22-15-11-7-6-8-13(15)12-16-17(20)19(18(21)23-16)14-9-4-3-5-10-14/h3-12H,2H2,1H3. The van der Waals surface area contributed by atoms with E-state index in [0.29, 0.717) is 22.9 Å². The minimum Gasteiger partial charge on any atom is -0.493 e. The van der Waals surface area contributed by atoms with Crippen LogP contribution < -0.4 is 9.64 Å². The second kappa shape index (κ2) is 6.71. The molecule has 0 spiro atoms. The summed E-state index contributed by atoms with van der Waals surface area (Å²) in [5.74, 6) is 0.388. The molecule has 0 aliphatic carbocycles. The van der Waals surface area contributed by atoms with Crippen molar-refractivity contribution in [2.45, 2.75) is 6.92 Å². The summed E-state index contributed by atoms with van der Waals surface area (Å²) in [5, 5.41) is -0.290. The number of rotatable bonds is 4. The fourth-order valence-electron chi connectivity index (χ4n) is 2.30. The summed E-state index contributed by atoms with van der Waals surface area (Å²) in [5.41, 5.74) is 1.37. The van der Waals surface area contributed by atoms with Crippen LogP contribution in [0.2, 0.25) is 0 Å². The molecule has 0 N–H and O–H groups in total. The number of amides is 2. The molecule has 1 heterocycles. The molecule has 3 rings (SSSR count). The topological polar surface area (TPSA) is 46.6 Å². The van der Waals surface area contributed by atoms with E-state index in [1.54, 1.807) is 30.3 Å². The Balaban J connectivity index is 1.94. The molecule has 1 fully saturated rings. The average molecular weight is 325 g/mol. The van der Waals surface area contributed by atoms with Gasteiger partial charge in [0.1, 0.15) is 5.75 Å². The number of anilines is 1. The van der Waals surface area contributed by atoms with Crippen LogP contribution in [0.25, 0.3) is 6.08 Å². The number of ether oxygens (including phenoxy) is 1. The molecule has 1 saturated heterocycles. The Bertz CT molecular complexity index is 771. The predicted octanol–water partition coefficient (Wildman–Crippen LogP) is 4.33. The zero-order valence-corrected chi connectivity index (χ0v) is 13.4. The highest BCUT2D eigenvalue weighted by Crippen LogP contribution is 2.36. The van der Waals surface area contributed by atoms with Crippen molar-refractivity contribution in [2.24, 2.45) is 0 Å². The molecule has 0 unspecified atom stereocenters. The molecule has 1 aliphatic rings. The van der Waals surface area contributed by atoms with Gasteiger partial charge in [0.2, 0.25) is 0 Å². The van der Waals surface area contributed by atoms with Gasteiger partial charge in [-0.1, -0.05) is 36.4 Å². The van der Waals surface area contributed by atoms with Gasteiger partial charge in [-0.05, 0) is 43.0 Å². The van der Waals surface area contributed by atoms with E-state index < -0.39 is 0 Å². The van der Waals surface area contributed by atoms with Crippen molar-refractivity contribution in [2.75, 3.05) is 11.5 Å².